The smallest absolute Gasteiger partial charge is 0.205 e. The lowest BCUT2D eigenvalue weighted by molar-refractivity contribution is 0.745. The highest BCUT2D eigenvalue weighted by atomic mass is 79.9. The molecule has 0 radical (unpaired) electrons. The fourth-order valence-corrected chi connectivity index (χ4v) is 4.37. The summed E-state index contributed by atoms with van der Waals surface area (Å²) in [6.07, 6.45) is 0.851. The fourth-order valence-electron chi connectivity index (χ4n) is 3.86. The molecule has 1 N–H and O–H groups in total. The second-order valence-corrected chi connectivity index (χ2v) is 8.19. The van der Waals surface area contributed by atoms with Crippen LogP contribution < -0.4 is 0 Å². The molecule has 0 aliphatic heterocycles. The third-order valence-electron chi connectivity index (χ3n) is 5.38. The average Bonchev–Trinajstić information content (AvgIpc) is 3.43. The first kappa shape index (κ1) is 19.6. The van der Waals surface area contributed by atoms with Gasteiger partial charge in [0.2, 0.25) is 5.82 Å². The van der Waals surface area contributed by atoms with Crippen molar-refractivity contribution in [1.82, 2.24) is 35.2 Å². The second kappa shape index (κ2) is 8.03. The van der Waals surface area contributed by atoms with E-state index in [2.05, 4.69) is 85.3 Å². The predicted octanol–water partition coefficient (Wildman–Crippen LogP) is 4.96. The van der Waals surface area contributed by atoms with Crippen molar-refractivity contribution in [3.05, 3.63) is 76.2 Å². The van der Waals surface area contributed by atoms with E-state index in [-0.39, 0.29) is 0 Å². The van der Waals surface area contributed by atoms with Crippen LogP contribution in [0.25, 0.3) is 33.7 Å². The van der Waals surface area contributed by atoms with Crippen LogP contribution in [0.2, 0.25) is 0 Å². The zero-order chi connectivity index (χ0) is 21.4. The van der Waals surface area contributed by atoms with Crippen molar-refractivity contribution in [2.45, 2.75) is 26.8 Å². The number of hydrogen-bond donors (Lipinski definition) is 1. The van der Waals surface area contributed by atoms with Gasteiger partial charge in [-0.15, -0.1) is 10.2 Å². The summed E-state index contributed by atoms with van der Waals surface area (Å²) in [5.74, 6) is 1.62. The van der Waals surface area contributed by atoms with Crippen LogP contribution in [0, 0.1) is 6.92 Å². The molecule has 0 amide bonds. The van der Waals surface area contributed by atoms with E-state index in [1.165, 1.54) is 5.56 Å². The van der Waals surface area contributed by atoms with Gasteiger partial charge < -0.3 is 4.57 Å². The SMILES string of the molecule is CCc1nc2c(C)cc(Br)nc2n1Cc1ccc(-c2ccccc2-c2nn[nH]n2)cc1. The van der Waals surface area contributed by atoms with Crippen LogP contribution in [-0.2, 0) is 13.0 Å². The molecule has 0 atom stereocenters. The Morgan fingerprint density at radius 2 is 1.77 bits per heavy atom. The first-order chi connectivity index (χ1) is 15.1. The number of halogens is 1. The molecule has 5 rings (SSSR count). The number of fused-ring (bicyclic) bond motifs is 1. The Morgan fingerprint density at radius 3 is 2.48 bits per heavy atom. The number of aryl methyl sites for hydroxylation is 2. The van der Waals surface area contributed by atoms with Gasteiger partial charge in [0.15, 0.2) is 5.65 Å². The molecule has 2 aromatic carbocycles. The molecule has 0 saturated carbocycles. The van der Waals surface area contributed by atoms with Crippen molar-refractivity contribution < 1.29 is 0 Å². The van der Waals surface area contributed by atoms with Crippen LogP contribution in [0.4, 0.5) is 0 Å². The number of pyridine rings is 1. The van der Waals surface area contributed by atoms with Crippen LogP contribution in [0.3, 0.4) is 0 Å². The molecule has 3 aromatic heterocycles. The Kier molecular flexibility index (Phi) is 5.07. The van der Waals surface area contributed by atoms with Crippen LogP contribution >= 0.6 is 15.9 Å². The van der Waals surface area contributed by atoms with Crippen LogP contribution in [0.15, 0.2) is 59.2 Å². The number of H-pyrrole nitrogens is 1. The van der Waals surface area contributed by atoms with E-state index in [0.29, 0.717) is 5.82 Å². The molecule has 7 nitrogen and oxygen atoms in total. The van der Waals surface area contributed by atoms with Crippen molar-refractivity contribution in [3.8, 4) is 22.5 Å². The number of tetrazole rings is 1. The summed E-state index contributed by atoms with van der Waals surface area (Å²) in [4.78, 5) is 9.53. The van der Waals surface area contributed by atoms with E-state index in [9.17, 15) is 0 Å². The molecule has 154 valence electrons. The summed E-state index contributed by atoms with van der Waals surface area (Å²) >= 11 is 3.52. The Bertz CT molecular complexity index is 1360. The normalized spacial score (nSPS) is 11.3. The molecular formula is C23H20BrN7. The maximum Gasteiger partial charge on any atom is 0.205 e. The Hall–Kier alpha value is -3.39. The Balaban J connectivity index is 1.51. The minimum Gasteiger partial charge on any atom is -0.308 e. The summed E-state index contributed by atoms with van der Waals surface area (Å²) in [5.41, 5.74) is 7.31. The van der Waals surface area contributed by atoms with E-state index in [1.807, 2.05) is 24.3 Å². The zero-order valence-electron chi connectivity index (χ0n) is 17.2. The summed E-state index contributed by atoms with van der Waals surface area (Å²) in [7, 11) is 0. The topological polar surface area (TPSA) is 85.2 Å². The van der Waals surface area contributed by atoms with Crippen molar-refractivity contribution in [3.63, 3.8) is 0 Å². The van der Waals surface area contributed by atoms with Gasteiger partial charge >= 0.3 is 0 Å². The number of nitrogens with zero attached hydrogens (tertiary/aromatic N) is 6. The van der Waals surface area contributed by atoms with E-state index >= 15 is 0 Å². The lowest BCUT2D eigenvalue weighted by Crippen LogP contribution is -2.05. The Labute approximate surface area is 187 Å². The minimum absolute atomic E-state index is 0.587. The van der Waals surface area contributed by atoms with Gasteiger partial charge in [0, 0.05) is 12.0 Å². The molecule has 0 unspecified atom stereocenters. The van der Waals surface area contributed by atoms with Crippen LogP contribution in [0.1, 0.15) is 23.9 Å². The fraction of sp³-hybridized carbons (Fsp3) is 0.174. The number of aromatic amines is 1. The van der Waals surface area contributed by atoms with E-state index < -0.39 is 0 Å². The molecule has 3 heterocycles. The molecule has 31 heavy (non-hydrogen) atoms. The van der Waals surface area contributed by atoms with Gasteiger partial charge in [-0.1, -0.05) is 55.5 Å². The van der Waals surface area contributed by atoms with Gasteiger partial charge in [-0.05, 0) is 56.4 Å². The van der Waals surface area contributed by atoms with Gasteiger partial charge in [-0.3, -0.25) is 0 Å². The van der Waals surface area contributed by atoms with Gasteiger partial charge in [0.1, 0.15) is 15.9 Å². The molecule has 5 aromatic rings. The molecule has 0 bridgehead atoms. The maximum atomic E-state index is 4.83. The number of aromatic nitrogens is 7. The van der Waals surface area contributed by atoms with Crippen molar-refractivity contribution in [2.75, 3.05) is 0 Å². The standard InChI is InChI=1S/C23H20BrN7/c1-3-20-26-21-14(2)12-19(24)25-23(21)31(20)13-15-8-10-16(11-9-15)17-6-4-5-7-18(17)22-27-29-30-28-22/h4-12H,3,13H2,1-2H3,(H,27,28,29,30). The molecule has 0 aliphatic carbocycles. The highest BCUT2D eigenvalue weighted by molar-refractivity contribution is 9.10. The molecule has 8 heteroatoms. The lowest BCUT2D eigenvalue weighted by Gasteiger charge is -2.10. The number of imidazole rings is 1. The number of benzene rings is 2. The highest BCUT2D eigenvalue weighted by Crippen LogP contribution is 2.30. The summed E-state index contributed by atoms with van der Waals surface area (Å²) in [5, 5.41) is 14.5. The number of rotatable bonds is 5. The lowest BCUT2D eigenvalue weighted by atomic mass is 9.98. The first-order valence-electron chi connectivity index (χ1n) is 10.1. The molecule has 0 spiro atoms. The number of nitrogens with one attached hydrogen (secondary N) is 1. The van der Waals surface area contributed by atoms with Crippen molar-refractivity contribution >= 4 is 27.1 Å². The average molecular weight is 474 g/mol. The third kappa shape index (κ3) is 3.63. The Morgan fingerprint density at radius 1 is 1.00 bits per heavy atom. The maximum absolute atomic E-state index is 4.83. The second-order valence-electron chi connectivity index (χ2n) is 7.38. The monoisotopic (exact) mass is 473 g/mol. The molecule has 0 fully saturated rings. The molecular weight excluding hydrogens is 454 g/mol. The summed E-state index contributed by atoms with van der Waals surface area (Å²) < 4.78 is 3.03. The van der Waals surface area contributed by atoms with Crippen LogP contribution in [0.5, 0.6) is 0 Å². The quantitative estimate of drug-likeness (QED) is 0.364. The van der Waals surface area contributed by atoms with Gasteiger partial charge in [0.25, 0.3) is 0 Å². The van der Waals surface area contributed by atoms with Gasteiger partial charge in [0.05, 0.1) is 6.54 Å². The number of hydrogen-bond acceptors (Lipinski definition) is 5. The largest absolute Gasteiger partial charge is 0.308 e. The zero-order valence-corrected chi connectivity index (χ0v) is 18.8. The van der Waals surface area contributed by atoms with E-state index in [0.717, 1.165) is 56.8 Å². The van der Waals surface area contributed by atoms with Gasteiger partial charge in [-0.25, -0.2) is 9.97 Å². The third-order valence-corrected chi connectivity index (χ3v) is 5.78. The van der Waals surface area contributed by atoms with Gasteiger partial charge in [-0.2, -0.15) is 5.21 Å². The first-order valence-corrected chi connectivity index (χ1v) is 10.9. The molecule has 0 saturated heterocycles. The van der Waals surface area contributed by atoms with Crippen molar-refractivity contribution in [2.24, 2.45) is 0 Å². The van der Waals surface area contributed by atoms with Crippen LogP contribution in [-0.4, -0.2) is 35.2 Å². The highest BCUT2D eigenvalue weighted by Gasteiger charge is 2.15. The molecule has 0 aliphatic rings. The van der Waals surface area contributed by atoms with Crippen molar-refractivity contribution in [1.29, 1.82) is 0 Å². The van der Waals surface area contributed by atoms with E-state index in [1.54, 1.807) is 0 Å². The summed E-state index contributed by atoms with van der Waals surface area (Å²) in [6, 6.07) is 18.7. The van der Waals surface area contributed by atoms with E-state index in [4.69, 9.17) is 9.97 Å². The summed E-state index contributed by atoms with van der Waals surface area (Å²) in [6.45, 7) is 4.91. The predicted molar refractivity (Wildman–Crippen MR) is 123 cm³/mol. The minimum atomic E-state index is 0.587.